The Morgan fingerprint density at radius 2 is 1.74 bits per heavy atom. The molecular formula is C24H28N4O2S. The van der Waals surface area contributed by atoms with Crippen molar-refractivity contribution in [2.24, 2.45) is 0 Å². The second-order valence-corrected chi connectivity index (χ2v) is 8.64. The Labute approximate surface area is 187 Å². The van der Waals surface area contributed by atoms with Gasteiger partial charge in [-0.3, -0.25) is 14.2 Å². The molecule has 0 aliphatic heterocycles. The number of nitrogens with zero attached hydrogens (tertiary/aromatic N) is 3. The summed E-state index contributed by atoms with van der Waals surface area (Å²) in [5.41, 5.74) is 6.24. The number of aromatic nitrogens is 2. The molecule has 1 N–H and O–H groups in total. The van der Waals surface area contributed by atoms with E-state index in [1.807, 2.05) is 48.9 Å². The summed E-state index contributed by atoms with van der Waals surface area (Å²) in [6.45, 7) is 8.05. The van der Waals surface area contributed by atoms with E-state index in [4.69, 9.17) is 0 Å². The second-order valence-electron chi connectivity index (χ2n) is 7.70. The average molecular weight is 437 g/mol. The van der Waals surface area contributed by atoms with Crippen molar-refractivity contribution in [1.82, 2.24) is 14.5 Å². The first-order valence-corrected chi connectivity index (χ1v) is 11.1. The normalized spacial score (nSPS) is 10.7. The minimum atomic E-state index is -0.213. The van der Waals surface area contributed by atoms with E-state index in [0.29, 0.717) is 0 Å². The molecule has 6 nitrogen and oxygen atoms in total. The van der Waals surface area contributed by atoms with Gasteiger partial charge in [0.15, 0.2) is 5.16 Å². The first-order valence-electron chi connectivity index (χ1n) is 10.1. The van der Waals surface area contributed by atoms with Gasteiger partial charge in [-0.2, -0.15) is 0 Å². The van der Waals surface area contributed by atoms with Crippen LogP contribution in [0.15, 0.2) is 53.9 Å². The van der Waals surface area contributed by atoms with Crippen LogP contribution < -0.4 is 5.32 Å². The predicted molar refractivity (Wildman–Crippen MR) is 126 cm³/mol. The average Bonchev–Trinajstić information content (AvgIpc) is 3.19. The summed E-state index contributed by atoms with van der Waals surface area (Å²) in [6, 6.07) is 12.1. The maximum Gasteiger partial charge on any atom is 0.243 e. The number of likely N-dealkylation sites (N-methyl/N-ethyl adjacent to an activating group) is 1. The van der Waals surface area contributed by atoms with E-state index in [2.05, 4.69) is 36.3 Å². The molecule has 3 aromatic rings. The van der Waals surface area contributed by atoms with Crippen molar-refractivity contribution in [1.29, 1.82) is 0 Å². The van der Waals surface area contributed by atoms with Gasteiger partial charge in [0.2, 0.25) is 11.8 Å². The fourth-order valence-electron chi connectivity index (χ4n) is 3.20. The Balaban J connectivity index is 1.58. The van der Waals surface area contributed by atoms with Crippen LogP contribution in [0.25, 0.3) is 5.69 Å². The topological polar surface area (TPSA) is 67.2 Å². The molecule has 1 aromatic heterocycles. The lowest BCUT2D eigenvalue weighted by Crippen LogP contribution is -2.36. The SMILES string of the molecule is Cc1ccc(-n2ccnc2SCC(=O)N(C)CC(=O)Nc2c(C)cccc2C)cc1C. The quantitative estimate of drug-likeness (QED) is 0.561. The van der Waals surface area contributed by atoms with Crippen LogP contribution in [0.2, 0.25) is 0 Å². The van der Waals surface area contributed by atoms with E-state index in [1.165, 1.54) is 27.8 Å². The lowest BCUT2D eigenvalue weighted by molar-refractivity contribution is -0.131. The third-order valence-electron chi connectivity index (χ3n) is 5.25. The number of aryl methyl sites for hydroxylation is 4. The van der Waals surface area contributed by atoms with Gasteiger partial charge in [0.05, 0.1) is 12.3 Å². The van der Waals surface area contributed by atoms with Gasteiger partial charge >= 0.3 is 0 Å². The third kappa shape index (κ3) is 5.55. The third-order valence-corrected chi connectivity index (χ3v) is 6.20. The molecule has 7 heteroatoms. The zero-order valence-electron chi connectivity index (χ0n) is 18.6. The molecule has 0 aliphatic carbocycles. The number of imidazole rings is 1. The molecule has 0 unspecified atom stereocenters. The Morgan fingerprint density at radius 3 is 2.42 bits per heavy atom. The molecule has 0 aliphatic rings. The summed E-state index contributed by atoms with van der Waals surface area (Å²) in [7, 11) is 1.64. The number of thioether (sulfide) groups is 1. The summed E-state index contributed by atoms with van der Waals surface area (Å²) in [5, 5.41) is 3.66. The first kappa shape index (κ1) is 22.6. The number of carbonyl (C=O) groups excluding carboxylic acids is 2. The molecule has 0 spiro atoms. The number of nitrogens with one attached hydrogen (secondary N) is 1. The van der Waals surface area contributed by atoms with Gasteiger partial charge in [0.1, 0.15) is 0 Å². The van der Waals surface area contributed by atoms with E-state index in [-0.39, 0.29) is 24.1 Å². The summed E-state index contributed by atoms with van der Waals surface area (Å²) < 4.78 is 1.97. The maximum atomic E-state index is 12.6. The van der Waals surface area contributed by atoms with Gasteiger partial charge in [-0.05, 0) is 62.1 Å². The van der Waals surface area contributed by atoms with E-state index >= 15 is 0 Å². The Hall–Kier alpha value is -3.06. The summed E-state index contributed by atoms with van der Waals surface area (Å²) in [4.78, 5) is 30.9. The maximum absolute atomic E-state index is 12.6. The molecule has 2 amide bonds. The molecule has 0 saturated heterocycles. The number of para-hydroxylation sites is 1. The minimum absolute atomic E-state index is 0.00123. The van der Waals surface area contributed by atoms with Crippen molar-refractivity contribution in [2.75, 3.05) is 24.7 Å². The van der Waals surface area contributed by atoms with Crippen LogP contribution in [-0.2, 0) is 9.59 Å². The van der Waals surface area contributed by atoms with Crippen molar-refractivity contribution < 1.29 is 9.59 Å². The number of anilines is 1. The number of benzene rings is 2. The zero-order valence-corrected chi connectivity index (χ0v) is 19.4. The fourth-order valence-corrected chi connectivity index (χ4v) is 4.11. The number of amides is 2. The van der Waals surface area contributed by atoms with Crippen molar-refractivity contribution >= 4 is 29.3 Å². The van der Waals surface area contributed by atoms with Crippen molar-refractivity contribution in [2.45, 2.75) is 32.9 Å². The largest absolute Gasteiger partial charge is 0.336 e. The van der Waals surface area contributed by atoms with Crippen LogP contribution in [0.5, 0.6) is 0 Å². The van der Waals surface area contributed by atoms with Gasteiger partial charge in [-0.15, -0.1) is 0 Å². The number of carbonyl (C=O) groups is 2. The van der Waals surface area contributed by atoms with E-state index < -0.39 is 0 Å². The van der Waals surface area contributed by atoms with Gasteiger partial charge in [0.25, 0.3) is 0 Å². The van der Waals surface area contributed by atoms with Gasteiger partial charge in [-0.25, -0.2) is 4.98 Å². The molecule has 0 bridgehead atoms. The number of hydrogen-bond acceptors (Lipinski definition) is 4. The monoisotopic (exact) mass is 436 g/mol. The van der Waals surface area contributed by atoms with Crippen molar-refractivity contribution in [3.05, 3.63) is 71.0 Å². The number of rotatable bonds is 7. The van der Waals surface area contributed by atoms with Gasteiger partial charge < -0.3 is 10.2 Å². The van der Waals surface area contributed by atoms with Crippen LogP contribution in [0, 0.1) is 27.7 Å². The zero-order chi connectivity index (χ0) is 22.5. The Bertz CT molecular complexity index is 1090. The Kier molecular flexibility index (Phi) is 7.17. The van der Waals surface area contributed by atoms with E-state index in [9.17, 15) is 9.59 Å². The molecule has 0 atom stereocenters. The highest BCUT2D eigenvalue weighted by molar-refractivity contribution is 7.99. The molecule has 2 aromatic carbocycles. The second kappa shape index (κ2) is 9.83. The molecule has 0 fully saturated rings. The van der Waals surface area contributed by atoms with Crippen LogP contribution in [0.3, 0.4) is 0 Å². The molecule has 0 saturated carbocycles. The summed E-state index contributed by atoms with van der Waals surface area (Å²) in [6.07, 6.45) is 3.61. The van der Waals surface area contributed by atoms with Crippen LogP contribution >= 0.6 is 11.8 Å². The predicted octanol–water partition coefficient (Wildman–Crippen LogP) is 4.30. The molecule has 1 heterocycles. The molecule has 162 valence electrons. The highest BCUT2D eigenvalue weighted by Crippen LogP contribution is 2.23. The fraction of sp³-hybridized carbons (Fsp3) is 0.292. The van der Waals surface area contributed by atoms with E-state index in [1.54, 1.807) is 13.2 Å². The van der Waals surface area contributed by atoms with Crippen molar-refractivity contribution in [3.8, 4) is 5.69 Å². The smallest absolute Gasteiger partial charge is 0.243 e. The lowest BCUT2D eigenvalue weighted by Gasteiger charge is -2.18. The van der Waals surface area contributed by atoms with Crippen LogP contribution in [-0.4, -0.2) is 45.6 Å². The minimum Gasteiger partial charge on any atom is -0.336 e. The van der Waals surface area contributed by atoms with Gasteiger partial charge in [0, 0.05) is 30.8 Å². The molecule has 3 rings (SSSR count). The van der Waals surface area contributed by atoms with Gasteiger partial charge in [-0.1, -0.05) is 36.0 Å². The molecule has 0 radical (unpaired) electrons. The molecule has 31 heavy (non-hydrogen) atoms. The Morgan fingerprint density at radius 1 is 1.03 bits per heavy atom. The standard InChI is InChI=1S/C24H28N4O2S/c1-16-9-10-20(13-19(16)4)28-12-11-25-24(28)31-15-22(30)27(5)14-21(29)26-23-17(2)7-6-8-18(23)3/h6-13H,14-15H2,1-5H3,(H,26,29). The summed E-state index contributed by atoms with van der Waals surface area (Å²) in [5.74, 6) is -0.138. The van der Waals surface area contributed by atoms with Crippen LogP contribution in [0.1, 0.15) is 22.3 Å². The lowest BCUT2D eigenvalue weighted by atomic mass is 10.1. The van der Waals surface area contributed by atoms with Crippen LogP contribution in [0.4, 0.5) is 5.69 Å². The van der Waals surface area contributed by atoms with E-state index in [0.717, 1.165) is 27.7 Å². The van der Waals surface area contributed by atoms with Crippen molar-refractivity contribution in [3.63, 3.8) is 0 Å². The summed E-state index contributed by atoms with van der Waals surface area (Å²) >= 11 is 1.36. The number of hydrogen-bond donors (Lipinski definition) is 1. The first-order chi connectivity index (χ1) is 14.8. The molecular weight excluding hydrogens is 408 g/mol. The highest BCUT2D eigenvalue weighted by atomic mass is 32.2. The highest BCUT2D eigenvalue weighted by Gasteiger charge is 2.16.